The lowest BCUT2D eigenvalue weighted by Gasteiger charge is -2.28. The molecule has 1 fully saturated rings. The van der Waals surface area contributed by atoms with E-state index in [1.54, 1.807) is 29.4 Å². The molecule has 0 saturated carbocycles. The van der Waals surface area contributed by atoms with Gasteiger partial charge < -0.3 is 4.90 Å². The van der Waals surface area contributed by atoms with Crippen molar-refractivity contribution in [3.63, 3.8) is 0 Å². The molecule has 0 aliphatic carbocycles. The van der Waals surface area contributed by atoms with Crippen molar-refractivity contribution in [3.8, 4) is 0 Å². The summed E-state index contributed by atoms with van der Waals surface area (Å²) < 4.78 is 1.29. The summed E-state index contributed by atoms with van der Waals surface area (Å²) in [6, 6.07) is 4.18. The Labute approximate surface area is 132 Å². The zero-order chi connectivity index (χ0) is 13.8. The molecule has 0 amide bonds. The number of anilines is 1. The summed E-state index contributed by atoms with van der Waals surface area (Å²) in [5.74, 6) is 1.70. The van der Waals surface area contributed by atoms with Crippen molar-refractivity contribution >= 4 is 40.5 Å². The highest BCUT2D eigenvalue weighted by atomic mass is 35.5. The van der Waals surface area contributed by atoms with Gasteiger partial charge in [0.05, 0.1) is 9.90 Å². The van der Waals surface area contributed by atoms with Crippen LogP contribution in [0.4, 0.5) is 5.82 Å². The van der Waals surface area contributed by atoms with Crippen LogP contribution in [0.1, 0.15) is 25.0 Å². The largest absolute Gasteiger partial charge is 0.355 e. The van der Waals surface area contributed by atoms with Crippen molar-refractivity contribution < 1.29 is 0 Å². The monoisotopic (exact) mass is 325 g/mol. The first kappa shape index (κ1) is 14.2. The summed E-state index contributed by atoms with van der Waals surface area (Å²) in [6.45, 7) is 2.10. The van der Waals surface area contributed by atoms with Crippen LogP contribution in [0.5, 0.6) is 0 Å². The van der Waals surface area contributed by atoms with Gasteiger partial charge in [0.1, 0.15) is 11.3 Å². The molecule has 0 radical (unpaired) electrons. The standard InChI is InChI=1S/C14H16ClN3S2/c15-13-11(9-20-12-5-4-8-19-12)16-10-17-14(13)18-6-2-1-3-7-18/h4-5,8,10H,1-3,6-7,9H2. The van der Waals surface area contributed by atoms with Gasteiger partial charge in [-0.3, -0.25) is 0 Å². The molecule has 3 rings (SSSR count). The van der Waals surface area contributed by atoms with Gasteiger partial charge in [0.2, 0.25) is 0 Å². The van der Waals surface area contributed by atoms with E-state index in [-0.39, 0.29) is 0 Å². The van der Waals surface area contributed by atoms with Crippen molar-refractivity contribution in [1.82, 2.24) is 9.97 Å². The number of piperidine rings is 1. The van der Waals surface area contributed by atoms with E-state index >= 15 is 0 Å². The molecule has 0 atom stereocenters. The highest BCUT2D eigenvalue weighted by molar-refractivity contribution is 8.00. The molecular formula is C14H16ClN3S2. The second-order valence-electron chi connectivity index (χ2n) is 4.73. The lowest BCUT2D eigenvalue weighted by Crippen LogP contribution is -2.30. The molecule has 0 bridgehead atoms. The number of hydrogen-bond donors (Lipinski definition) is 0. The van der Waals surface area contributed by atoms with Crippen LogP contribution in [0.15, 0.2) is 28.0 Å². The summed E-state index contributed by atoms with van der Waals surface area (Å²) in [5.41, 5.74) is 0.931. The highest BCUT2D eigenvalue weighted by Crippen LogP contribution is 2.32. The molecule has 0 spiro atoms. The average molecular weight is 326 g/mol. The Bertz CT molecular complexity index is 554. The normalized spacial score (nSPS) is 15.6. The Morgan fingerprint density at radius 1 is 1.25 bits per heavy atom. The van der Waals surface area contributed by atoms with E-state index in [0.29, 0.717) is 0 Å². The number of hydrogen-bond acceptors (Lipinski definition) is 5. The zero-order valence-corrected chi connectivity index (χ0v) is 13.5. The molecule has 0 N–H and O–H groups in total. The molecule has 0 aromatic carbocycles. The third-order valence-corrected chi connectivity index (χ3v) is 5.87. The van der Waals surface area contributed by atoms with Gasteiger partial charge >= 0.3 is 0 Å². The van der Waals surface area contributed by atoms with Crippen LogP contribution in [0.3, 0.4) is 0 Å². The van der Waals surface area contributed by atoms with Crippen LogP contribution >= 0.6 is 34.7 Å². The van der Waals surface area contributed by atoms with Crippen molar-refractivity contribution in [2.75, 3.05) is 18.0 Å². The van der Waals surface area contributed by atoms with Crippen LogP contribution in [0.25, 0.3) is 0 Å². The molecule has 2 aromatic heterocycles. The Hall–Kier alpha value is -0.780. The van der Waals surface area contributed by atoms with E-state index in [4.69, 9.17) is 11.6 Å². The van der Waals surface area contributed by atoms with E-state index in [1.165, 1.54) is 23.5 Å². The minimum Gasteiger partial charge on any atom is -0.355 e. The fourth-order valence-electron chi connectivity index (χ4n) is 2.31. The van der Waals surface area contributed by atoms with Crippen molar-refractivity contribution in [2.45, 2.75) is 29.2 Å². The van der Waals surface area contributed by atoms with Crippen LogP contribution in [-0.4, -0.2) is 23.1 Å². The van der Waals surface area contributed by atoms with Gasteiger partial charge in [0.15, 0.2) is 5.82 Å². The van der Waals surface area contributed by atoms with Crippen LogP contribution in [-0.2, 0) is 5.75 Å². The van der Waals surface area contributed by atoms with Gasteiger partial charge in [0, 0.05) is 18.8 Å². The van der Waals surface area contributed by atoms with E-state index < -0.39 is 0 Å². The molecule has 20 heavy (non-hydrogen) atoms. The molecule has 106 valence electrons. The third-order valence-electron chi connectivity index (χ3n) is 3.35. The summed E-state index contributed by atoms with van der Waals surface area (Å²) in [6.07, 6.45) is 5.39. The smallest absolute Gasteiger partial charge is 0.151 e. The van der Waals surface area contributed by atoms with Crippen LogP contribution < -0.4 is 4.90 Å². The summed E-state index contributed by atoms with van der Waals surface area (Å²) in [7, 11) is 0. The van der Waals surface area contributed by atoms with E-state index in [2.05, 4.69) is 32.4 Å². The SMILES string of the molecule is Clc1c(CSc2cccs2)ncnc1N1CCCCC1. The van der Waals surface area contributed by atoms with Gasteiger partial charge in [-0.2, -0.15) is 0 Å². The van der Waals surface area contributed by atoms with Crippen LogP contribution in [0, 0.1) is 0 Å². The first-order valence-electron chi connectivity index (χ1n) is 6.75. The van der Waals surface area contributed by atoms with Gasteiger partial charge in [0.25, 0.3) is 0 Å². The minimum atomic E-state index is 0.721. The minimum absolute atomic E-state index is 0.721. The lowest BCUT2D eigenvalue weighted by atomic mass is 10.1. The number of aromatic nitrogens is 2. The maximum absolute atomic E-state index is 6.51. The topological polar surface area (TPSA) is 29.0 Å². The van der Waals surface area contributed by atoms with Crippen molar-refractivity contribution in [2.24, 2.45) is 0 Å². The second-order valence-corrected chi connectivity index (χ2v) is 7.33. The fourth-order valence-corrected chi connectivity index (χ4v) is 4.41. The first-order chi connectivity index (χ1) is 9.84. The number of thiophene rings is 1. The van der Waals surface area contributed by atoms with Crippen molar-refractivity contribution in [3.05, 3.63) is 34.6 Å². The molecule has 1 aliphatic heterocycles. The Balaban J connectivity index is 1.74. The molecule has 3 heterocycles. The maximum atomic E-state index is 6.51. The van der Waals surface area contributed by atoms with E-state index in [9.17, 15) is 0 Å². The Kier molecular flexibility index (Phi) is 4.81. The predicted octanol–water partition coefficient (Wildman–Crippen LogP) is 4.47. The highest BCUT2D eigenvalue weighted by Gasteiger charge is 2.18. The Morgan fingerprint density at radius 2 is 2.10 bits per heavy atom. The average Bonchev–Trinajstić information content (AvgIpc) is 3.00. The summed E-state index contributed by atoms with van der Waals surface area (Å²) >= 11 is 10.0. The zero-order valence-electron chi connectivity index (χ0n) is 11.1. The van der Waals surface area contributed by atoms with Gasteiger partial charge in [-0.1, -0.05) is 17.7 Å². The number of rotatable bonds is 4. The first-order valence-corrected chi connectivity index (χ1v) is 8.99. The molecule has 3 nitrogen and oxygen atoms in total. The molecular weight excluding hydrogens is 310 g/mol. The van der Waals surface area contributed by atoms with Crippen LogP contribution in [0.2, 0.25) is 5.02 Å². The van der Waals surface area contributed by atoms with E-state index in [0.717, 1.165) is 35.4 Å². The number of nitrogens with zero attached hydrogens (tertiary/aromatic N) is 3. The Morgan fingerprint density at radius 3 is 2.85 bits per heavy atom. The molecule has 2 aromatic rings. The molecule has 6 heteroatoms. The van der Waals surface area contributed by atoms with Gasteiger partial charge in [-0.25, -0.2) is 9.97 Å². The predicted molar refractivity (Wildman–Crippen MR) is 87.0 cm³/mol. The second kappa shape index (κ2) is 6.78. The molecule has 1 saturated heterocycles. The number of halogens is 1. The number of thioether (sulfide) groups is 1. The molecule has 1 aliphatic rings. The summed E-state index contributed by atoms with van der Waals surface area (Å²) in [5, 5.41) is 2.81. The third kappa shape index (κ3) is 3.27. The summed E-state index contributed by atoms with van der Waals surface area (Å²) in [4.78, 5) is 11.0. The van der Waals surface area contributed by atoms with Crippen molar-refractivity contribution in [1.29, 1.82) is 0 Å². The quantitative estimate of drug-likeness (QED) is 0.775. The van der Waals surface area contributed by atoms with E-state index in [1.807, 2.05) is 0 Å². The fraction of sp³-hybridized carbons (Fsp3) is 0.429. The maximum Gasteiger partial charge on any atom is 0.151 e. The van der Waals surface area contributed by atoms with Gasteiger partial charge in [-0.05, 0) is 30.7 Å². The van der Waals surface area contributed by atoms with Gasteiger partial charge in [-0.15, -0.1) is 23.1 Å². The lowest BCUT2D eigenvalue weighted by molar-refractivity contribution is 0.573. The molecule has 0 unspecified atom stereocenters.